The van der Waals surface area contributed by atoms with Crippen molar-refractivity contribution in [1.82, 2.24) is 4.98 Å². The molecule has 2 rings (SSSR count). The van der Waals surface area contributed by atoms with Crippen LogP contribution in [-0.2, 0) is 0 Å². The van der Waals surface area contributed by atoms with Gasteiger partial charge in [0, 0.05) is 13.2 Å². The Morgan fingerprint density at radius 3 is 2.58 bits per heavy atom. The Balaban J connectivity index is 2.50. The van der Waals surface area contributed by atoms with Gasteiger partial charge in [0.15, 0.2) is 5.69 Å². The zero-order valence-corrected chi connectivity index (χ0v) is 10.7. The number of carboxylic acid groups (broad SMARTS) is 1. The fraction of sp³-hybridized carbons (Fsp3) is 0.143. The molecule has 0 unspecified atom stereocenters. The van der Waals surface area contributed by atoms with Crippen LogP contribution in [0.15, 0.2) is 42.6 Å². The second-order valence-corrected chi connectivity index (χ2v) is 3.91. The number of ether oxygens (including phenoxy) is 1. The molecule has 0 saturated heterocycles. The molecule has 0 spiro atoms. The highest BCUT2D eigenvalue weighted by Gasteiger charge is 2.17. The third kappa shape index (κ3) is 2.49. The average Bonchev–Trinajstić information content (AvgIpc) is 2.46. The van der Waals surface area contributed by atoms with E-state index in [9.17, 15) is 4.79 Å². The number of hydrogen-bond donors (Lipinski definition) is 1. The normalized spacial score (nSPS) is 10.0. The molecule has 0 radical (unpaired) electrons. The van der Waals surface area contributed by atoms with Gasteiger partial charge >= 0.3 is 5.97 Å². The lowest BCUT2D eigenvalue weighted by atomic mass is 10.2. The van der Waals surface area contributed by atoms with Crippen molar-refractivity contribution >= 4 is 17.3 Å². The number of carboxylic acids is 1. The number of anilines is 2. The fourth-order valence-corrected chi connectivity index (χ4v) is 1.87. The first kappa shape index (κ1) is 12.9. The van der Waals surface area contributed by atoms with Crippen LogP contribution >= 0.6 is 0 Å². The SMILES string of the molecule is COc1ccccc1N(C)c1cccnc1C(=O)O. The van der Waals surface area contributed by atoms with Gasteiger partial charge in [0.2, 0.25) is 0 Å². The van der Waals surface area contributed by atoms with Gasteiger partial charge in [-0.05, 0) is 24.3 Å². The number of aromatic nitrogens is 1. The first-order valence-electron chi connectivity index (χ1n) is 5.70. The molecular weight excluding hydrogens is 244 g/mol. The maximum atomic E-state index is 11.2. The fourth-order valence-electron chi connectivity index (χ4n) is 1.87. The lowest BCUT2D eigenvalue weighted by molar-refractivity contribution is 0.0691. The minimum absolute atomic E-state index is 0.0101. The van der Waals surface area contributed by atoms with E-state index in [4.69, 9.17) is 9.84 Å². The van der Waals surface area contributed by atoms with Crippen molar-refractivity contribution in [2.24, 2.45) is 0 Å². The zero-order valence-electron chi connectivity index (χ0n) is 10.7. The summed E-state index contributed by atoms with van der Waals surface area (Å²) < 4.78 is 5.28. The van der Waals surface area contributed by atoms with Gasteiger partial charge in [0.05, 0.1) is 18.5 Å². The summed E-state index contributed by atoms with van der Waals surface area (Å²) in [6.07, 6.45) is 1.46. The van der Waals surface area contributed by atoms with Gasteiger partial charge in [-0.3, -0.25) is 0 Å². The molecule has 0 fully saturated rings. The molecule has 98 valence electrons. The minimum Gasteiger partial charge on any atom is -0.495 e. The quantitative estimate of drug-likeness (QED) is 0.913. The lowest BCUT2D eigenvalue weighted by Gasteiger charge is -2.22. The van der Waals surface area contributed by atoms with Gasteiger partial charge in [-0.2, -0.15) is 0 Å². The summed E-state index contributed by atoms with van der Waals surface area (Å²) in [4.78, 5) is 16.8. The third-order valence-corrected chi connectivity index (χ3v) is 2.80. The van der Waals surface area contributed by atoms with Gasteiger partial charge in [-0.15, -0.1) is 0 Å². The zero-order chi connectivity index (χ0) is 13.8. The predicted molar refractivity (Wildman–Crippen MR) is 72.3 cm³/mol. The smallest absolute Gasteiger partial charge is 0.356 e. The van der Waals surface area contributed by atoms with Gasteiger partial charge in [0.1, 0.15) is 5.75 Å². The Labute approximate surface area is 111 Å². The Hall–Kier alpha value is -2.56. The Morgan fingerprint density at radius 2 is 1.89 bits per heavy atom. The molecular formula is C14H14N2O3. The van der Waals surface area contributed by atoms with Crippen LogP contribution in [0, 0.1) is 0 Å². The summed E-state index contributed by atoms with van der Waals surface area (Å²) >= 11 is 0. The molecule has 19 heavy (non-hydrogen) atoms. The summed E-state index contributed by atoms with van der Waals surface area (Å²) in [6, 6.07) is 10.8. The van der Waals surface area contributed by atoms with Crippen molar-refractivity contribution in [3.63, 3.8) is 0 Å². The number of carbonyl (C=O) groups is 1. The summed E-state index contributed by atoms with van der Waals surface area (Å²) in [5.74, 6) is -0.387. The molecule has 0 saturated carbocycles. The molecule has 0 aliphatic heterocycles. The van der Waals surface area contributed by atoms with E-state index in [0.29, 0.717) is 11.4 Å². The maximum absolute atomic E-state index is 11.2. The number of hydrogen-bond acceptors (Lipinski definition) is 4. The molecule has 0 atom stereocenters. The van der Waals surface area contributed by atoms with E-state index in [1.807, 2.05) is 24.3 Å². The molecule has 5 heteroatoms. The number of para-hydroxylation sites is 2. The third-order valence-electron chi connectivity index (χ3n) is 2.80. The van der Waals surface area contributed by atoms with E-state index < -0.39 is 5.97 Å². The van der Waals surface area contributed by atoms with E-state index in [0.717, 1.165) is 5.69 Å². The van der Waals surface area contributed by atoms with Crippen LogP contribution in [0.4, 0.5) is 11.4 Å². The minimum atomic E-state index is -1.06. The molecule has 0 aliphatic rings. The van der Waals surface area contributed by atoms with E-state index in [1.165, 1.54) is 6.20 Å². The van der Waals surface area contributed by atoms with Gasteiger partial charge < -0.3 is 14.7 Å². The topological polar surface area (TPSA) is 62.7 Å². The predicted octanol–water partition coefficient (Wildman–Crippen LogP) is 2.56. The maximum Gasteiger partial charge on any atom is 0.356 e. The Kier molecular flexibility index (Phi) is 3.66. The molecule has 5 nitrogen and oxygen atoms in total. The van der Waals surface area contributed by atoms with Crippen molar-refractivity contribution in [3.8, 4) is 5.75 Å². The summed E-state index contributed by atoms with van der Waals surface area (Å²) in [5, 5.41) is 9.17. The van der Waals surface area contributed by atoms with Crippen LogP contribution in [0.5, 0.6) is 5.75 Å². The first-order chi connectivity index (χ1) is 9.15. The van der Waals surface area contributed by atoms with E-state index in [1.54, 1.807) is 31.2 Å². The Bertz CT molecular complexity index is 599. The molecule has 0 bridgehead atoms. The number of aromatic carboxylic acids is 1. The Morgan fingerprint density at radius 1 is 1.21 bits per heavy atom. The van der Waals surface area contributed by atoms with E-state index in [2.05, 4.69) is 4.98 Å². The van der Waals surface area contributed by atoms with Crippen molar-refractivity contribution in [1.29, 1.82) is 0 Å². The van der Waals surface area contributed by atoms with Crippen molar-refractivity contribution < 1.29 is 14.6 Å². The summed E-state index contributed by atoms with van der Waals surface area (Å²) in [7, 11) is 3.36. The number of benzene rings is 1. The monoisotopic (exact) mass is 258 g/mol. The highest BCUT2D eigenvalue weighted by Crippen LogP contribution is 2.33. The number of nitrogens with zero attached hydrogens (tertiary/aromatic N) is 2. The molecule has 1 aromatic heterocycles. The van der Waals surface area contributed by atoms with Crippen LogP contribution in [0.25, 0.3) is 0 Å². The van der Waals surface area contributed by atoms with Gasteiger partial charge in [-0.25, -0.2) is 9.78 Å². The summed E-state index contributed by atoms with van der Waals surface area (Å²) in [6.45, 7) is 0. The number of methoxy groups -OCH3 is 1. The van der Waals surface area contributed by atoms with Crippen LogP contribution < -0.4 is 9.64 Å². The van der Waals surface area contributed by atoms with Crippen LogP contribution in [-0.4, -0.2) is 30.2 Å². The van der Waals surface area contributed by atoms with Gasteiger partial charge in [-0.1, -0.05) is 12.1 Å². The van der Waals surface area contributed by atoms with Crippen molar-refractivity contribution in [3.05, 3.63) is 48.3 Å². The van der Waals surface area contributed by atoms with E-state index >= 15 is 0 Å². The van der Waals surface area contributed by atoms with Crippen LogP contribution in [0.1, 0.15) is 10.5 Å². The average molecular weight is 258 g/mol. The number of pyridine rings is 1. The summed E-state index contributed by atoms with van der Waals surface area (Å²) in [5.41, 5.74) is 1.30. The second kappa shape index (κ2) is 5.39. The highest BCUT2D eigenvalue weighted by molar-refractivity contribution is 5.93. The van der Waals surface area contributed by atoms with Crippen molar-refractivity contribution in [2.45, 2.75) is 0 Å². The molecule has 0 amide bonds. The number of rotatable bonds is 4. The molecule has 1 N–H and O–H groups in total. The van der Waals surface area contributed by atoms with Gasteiger partial charge in [0.25, 0.3) is 0 Å². The van der Waals surface area contributed by atoms with Crippen molar-refractivity contribution in [2.75, 3.05) is 19.1 Å². The lowest BCUT2D eigenvalue weighted by Crippen LogP contribution is -2.15. The van der Waals surface area contributed by atoms with E-state index in [-0.39, 0.29) is 5.69 Å². The standard InChI is InChI=1S/C14H14N2O3/c1-16(10-6-3-4-8-12(10)19-2)11-7-5-9-15-13(11)14(17)18/h3-9H,1-2H3,(H,17,18). The van der Waals surface area contributed by atoms with Crippen LogP contribution in [0.3, 0.4) is 0 Å². The second-order valence-electron chi connectivity index (χ2n) is 3.91. The molecule has 0 aliphatic carbocycles. The highest BCUT2D eigenvalue weighted by atomic mass is 16.5. The first-order valence-corrected chi connectivity index (χ1v) is 5.70. The largest absolute Gasteiger partial charge is 0.495 e. The van der Waals surface area contributed by atoms with Crippen LogP contribution in [0.2, 0.25) is 0 Å². The molecule has 2 aromatic rings. The molecule has 1 heterocycles. The molecule has 1 aromatic carbocycles.